The van der Waals surface area contributed by atoms with Crippen LogP contribution in [0.15, 0.2) is 24.5 Å². The molecule has 1 rings (SSSR count). The van der Waals surface area contributed by atoms with Gasteiger partial charge in [-0.2, -0.15) is 0 Å². The summed E-state index contributed by atoms with van der Waals surface area (Å²) in [5.41, 5.74) is -0.463. The van der Waals surface area contributed by atoms with E-state index in [0.29, 0.717) is 12.5 Å². The van der Waals surface area contributed by atoms with Crippen molar-refractivity contribution >= 4 is 29.1 Å². The topological polar surface area (TPSA) is 80.4 Å². The molecule has 1 aromatic carbocycles. The average Bonchev–Trinajstić information content (AvgIpc) is 2.21. The number of aldehydes is 1. The Kier molecular flexibility index (Phi) is 3.41. The van der Waals surface area contributed by atoms with Crippen LogP contribution in [-0.2, 0) is 4.79 Å². The normalized spacial score (nSPS) is 11.1. The van der Waals surface area contributed by atoms with Crippen LogP contribution in [0.5, 0.6) is 0 Å². The Morgan fingerprint density at radius 2 is 2.20 bits per heavy atom. The van der Waals surface area contributed by atoms with E-state index in [1.54, 1.807) is 0 Å². The first-order chi connectivity index (χ1) is 7.10. The summed E-state index contributed by atoms with van der Waals surface area (Å²) < 4.78 is 0. The van der Waals surface area contributed by atoms with Crippen molar-refractivity contribution in [3.63, 3.8) is 0 Å². The minimum absolute atomic E-state index is 0.0295. The number of hydrogen-bond donors (Lipinski definition) is 1. The standard InChI is InChI=1S/C9H6ClNO4/c10-7-1-2-8(6(4-12)5-13)9(3-7)11(14)15/h1-5,12H. The first-order valence-corrected chi connectivity index (χ1v) is 4.21. The number of halogens is 1. The van der Waals surface area contributed by atoms with E-state index in [4.69, 9.17) is 16.7 Å². The zero-order valence-electron chi connectivity index (χ0n) is 7.38. The van der Waals surface area contributed by atoms with Gasteiger partial charge in [0.1, 0.15) is 0 Å². The highest BCUT2D eigenvalue weighted by molar-refractivity contribution is 6.31. The van der Waals surface area contributed by atoms with Crippen LogP contribution in [0.1, 0.15) is 5.56 Å². The number of nitro groups is 1. The van der Waals surface area contributed by atoms with Gasteiger partial charge < -0.3 is 5.11 Å². The quantitative estimate of drug-likeness (QED) is 0.283. The number of nitro benzene ring substituents is 1. The van der Waals surface area contributed by atoms with Crippen molar-refractivity contribution in [3.05, 3.63) is 45.2 Å². The third kappa shape index (κ3) is 2.32. The number of aliphatic hydroxyl groups is 1. The largest absolute Gasteiger partial charge is 0.515 e. The van der Waals surface area contributed by atoms with Crippen molar-refractivity contribution in [2.24, 2.45) is 0 Å². The van der Waals surface area contributed by atoms with Gasteiger partial charge in [-0.25, -0.2) is 0 Å². The van der Waals surface area contributed by atoms with Gasteiger partial charge in [0.05, 0.1) is 22.3 Å². The molecule has 0 radical (unpaired) electrons. The summed E-state index contributed by atoms with van der Waals surface area (Å²) in [6.07, 6.45) is 0.847. The predicted octanol–water partition coefficient (Wildman–Crippen LogP) is 2.35. The summed E-state index contributed by atoms with van der Waals surface area (Å²) in [6.45, 7) is 0. The minimum Gasteiger partial charge on any atom is -0.515 e. The SMILES string of the molecule is O=CC(=CO)c1ccc(Cl)cc1[N+](=O)[O-]. The summed E-state index contributed by atoms with van der Waals surface area (Å²) in [7, 11) is 0. The van der Waals surface area contributed by atoms with E-state index in [2.05, 4.69) is 0 Å². The fourth-order valence-corrected chi connectivity index (χ4v) is 1.23. The smallest absolute Gasteiger partial charge is 0.278 e. The maximum atomic E-state index is 10.6. The van der Waals surface area contributed by atoms with Gasteiger partial charge in [0.2, 0.25) is 0 Å². The lowest BCUT2D eigenvalue weighted by Crippen LogP contribution is -1.96. The monoisotopic (exact) mass is 227 g/mol. The van der Waals surface area contributed by atoms with Gasteiger partial charge in [-0.1, -0.05) is 11.6 Å². The molecule has 0 fully saturated rings. The molecule has 0 atom stereocenters. The average molecular weight is 228 g/mol. The Bertz CT molecular complexity index is 442. The third-order valence-electron chi connectivity index (χ3n) is 1.73. The summed E-state index contributed by atoms with van der Waals surface area (Å²) in [5, 5.41) is 19.5. The molecule has 0 spiro atoms. The highest BCUT2D eigenvalue weighted by atomic mass is 35.5. The van der Waals surface area contributed by atoms with Crippen LogP contribution in [0.3, 0.4) is 0 Å². The molecule has 0 unspecified atom stereocenters. The second-order valence-electron chi connectivity index (χ2n) is 2.62. The van der Waals surface area contributed by atoms with Crippen molar-refractivity contribution in [1.29, 1.82) is 0 Å². The second kappa shape index (κ2) is 4.56. The van der Waals surface area contributed by atoms with E-state index in [0.717, 1.165) is 6.07 Å². The van der Waals surface area contributed by atoms with Gasteiger partial charge in [-0.15, -0.1) is 0 Å². The molecule has 0 saturated carbocycles. The Morgan fingerprint density at radius 3 is 2.67 bits per heavy atom. The maximum Gasteiger partial charge on any atom is 0.278 e. The fourth-order valence-electron chi connectivity index (χ4n) is 1.06. The highest BCUT2D eigenvalue weighted by Crippen LogP contribution is 2.27. The zero-order valence-corrected chi connectivity index (χ0v) is 8.14. The van der Waals surface area contributed by atoms with Crippen LogP contribution < -0.4 is 0 Å². The molecular formula is C9H6ClNO4. The van der Waals surface area contributed by atoms with Gasteiger partial charge in [-0.05, 0) is 12.1 Å². The summed E-state index contributed by atoms with van der Waals surface area (Å²) in [6, 6.07) is 3.82. The lowest BCUT2D eigenvalue weighted by atomic mass is 10.1. The molecule has 0 aliphatic carbocycles. The van der Waals surface area contributed by atoms with Gasteiger partial charge >= 0.3 is 0 Å². The van der Waals surface area contributed by atoms with Gasteiger partial charge in [0, 0.05) is 11.1 Å². The van der Waals surface area contributed by atoms with Crippen LogP contribution >= 0.6 is 11.6 Å². The lowest BCUT2D eigenvalue weighted by Gasteiger charge is -2.01. The second-order valence-corrected chi connectivity index (χ2v) is 3.06. The Hall–Kier alpha value is -1.88. The number of carbonyl (C=O) groups excluding carboxylic acids is 1. The third-order valence-corrected chi connectivity index (χ3v) is 1.97. The molecule has 0 bridgehead atoms. The number of allylic oxidation sites excluding steroid dienone is 1. The molecule has 0 amide bonds. The van der Waals surface area contributed by atoms with E-state index in [-0.39, 0.29) is 21.8 Å². The van der Waals surface area contributed by atoms with E-state index >= 15 is 0 Å². The Balaban J connectivity index is 3.41. The maximum absolute atomic E-state index is 10.6. The molecule has 0 aliphatic rings. The van der Waals surface area contributed by atoms with E-state index in [1.807, 2.05) is 0 Å². The molecule has 15 heavy (non-hydrogen) atoms. The molecule has 1 N–H and O–H groups in total. The summed E-state index contributed by atoms with van der Waals surface area (Å²) in [5.74, 6) is 0. The Labute approximate surface area is 89.7 Å². The number of benzene rings is 1. The van der Waals surface area contributed by atoms with E-state index < -0.39 is 4.92 Å². The van der Waals surface area contributed by atoms with Crippen LogP contribution in [0.25, 0.3) is 5.57 Å². The lowest BCUT2D eigenvalue weighted by molar-refractivity contribution is -0.385. The highest BCUT2D eigenvalue weighted by Gasteiger charge is 2.17. The van der Waals surface area contributed by atoms with Gasteiger partial charge in [-0.3, -0.25) is 14.9 Å². The van der Waals surface area contributed by atoms with E-state index in [1.165, 1.54) is 12.1 Å². The molecular weight excluding hydrogens is 222 g/mol. The van der Waals surface area contributed by atoms with Crippen molar-refractivity contribution in [1.82, 2.24) is 0 Å². The predicted molar refractivity (Wildman–Crippen MR) is 54.8 cm³/mol. The fraction of sp³-hybridized carbons (Fsp3) is 0. The van der Waals surface area contributed by atoms with Gasteiger partial charge in [0.15, 0.2) is 6.29 Å². The van der Waals surface area contributed by atoms with E-state index in [9.17, 15) is 14.9 Å². The number of rotatable bonds is 3. The zero-order chi connectivity index (χ0) is 11.4. The van der Waals surface area contributed by atoms with Crippen LogP contribution in [0, 0.1) is 10.1 Å². The molecule has 5 nitrogen and oxygen atoms in total. The Morgan fingerprint density at radius 1 is 1.53 bits per heavy atom. The minimum atomic E-state index is -0.672. The first kappa shape index (κ1) is 11.2. The summed E-state index contributed by atoms with van der Waals surface area (Å²) in [4.78, 5) is 20.5. The van der Waals surface area contributed by atoms with Crippen LogP contribution in [0.4, 0.5) is 5.69 Å². The van der Waals surface area contributed by atoms with Crippen molar-refractivity contribution < 1.29 is 14.8 Å². The molecule has 0 aliphatic heterocycles. The number of carbonyl (C=O) groups is 1. The van der Waals surface area contributed by atoms with Crippen molar-refractivity contribution in [2.45, 2.75) is 0 Å². The van der Waals surface area contributed by atoms with Gasteiger partial charge in [0.25, 0.3) is 5.69 Å². The summed E-state index contributed by atoms with van der Waals surface area (Å²) >= 11 is 5.58. The number of hydrogen-bond acceptors (Lipinski definition) is 4. The number of nitrogens with zero attached hydrogens (tertiary/aromatic N) is 1. The van der Waals surface area contributed by atoms with Crippen LogP contribution in [0.2, 0.25) is 5.02 Å². The molecule has 0 aromatic heterocycles. The molecule has 0 saturated heterocycles. The van der Waals surface area contributed by atoms with Crippen LogP contribution in [-0.4, -0.2) is 16.3 Å². The molecule has 1 aromatic rings. The van der Waals surface area contributed by atoms with Crippen molar-refractivity contribution in [2.75, 3.05) is 0 Å². The van der Waals surface area contributed by atoms with Crippen molar-refractivity contribution in [3.8, 4) is 0 Å². The first-order valence-electron chi connectivity index (χ1n) is 3.84. The number of aliphatic hydroxyl groups excluding tert-OH is 1. The molecule has 0 heterocycles. The molecule has 6 heteroatoms. The molecule has 78 valence electrons.